The number of carbonyl (C=O) groups excluding carboxylic acids is 1. The minimum absolute atomic E-state index is 0.175. The maximum absolute atomic E-state index is 11.6. The summed E-state index contributed by atoms with van der Waals surface area (Å²) in [7, 11) is 0. The number of amides is 1. The molecule has 0 aliphatic carbocycles. The third-order valence-electron chi connectivity index (χ3n) is 3.23. The zero-order chi connectivity index (χ0) is 12.0. The predicted molar refractivity (Wildman–Crippen MR) is 70.6 cm³/mol. The van der Waals surface area contributed by atoms with E-state index in [-0.39, 0.29) is 10.7 Å². The smallest absolute Gasteiger partial charge is 0.220 e. The van der Waals surface area contributed by atoms with E-state index in [4.69, 9.17) is 5.73 Å². The lowest BCUT2D eigenvalue weighted by Gasteiger charge is -2.23. The van der Waals surface area contributed by atoms with Gasteiger partial charge in [-0.15, -0.1) is 0 Å². The van der Waals surface area contributed by atoms with Crippen molar-refractivity contribution in [1.82, 2.24) is 5.32 Å². The maximum atomic E-state index is 11.6. The van der Waals surface area contributed by atoms with Crippen LogP contribution < -0.4 is 11.1 Å². The number of nitrogens with one attached hydrogen (secondary N) is 1. The van der Waals surface area contributed by atoms with E-state index in [0.29, 0.717) is 18.9 Å². The summed E-state index contributed by atoms with van der Waals surface area (Å²) in [5.41, 5.74) is 5.52. The SMILES string of the molecule is CC(CN)CCC(=O)NCC1(C)CCCS1. The second-order valence-electron chi connectivity index (χ2n) is 5.06. The van der Waals surface area contributed by atoms with Crippen molar-refractivity contribution in [2.75, 3.05) is 18.8 Å². The molecule has 0 bridgehead atoms. The molecule has 1 fully saturated rings. The van der Waals surface area contributed by atoms with Crippen LogP contribution in [0.3, 0.4) is 0 Å². The number of hydrogen-bond donors (Lipinski definition) is 2. The fourth-order valence-corrected chi connectivity index (χ4v) is 3.09. The van der Waals surface area contributed by atoms with Gasteiger partial charge in [-0.2, -0.15) is 11.8 Å². The number of nitrogens with two attached hydrogens (primary N) is 1. The van der Waals surface area contributed by atoms with E-state index in [0.717, 1.165) is 13.0 Å². The number of carbonyl (C=O) groups is 1. The molecular weight excluding hydrogens is 220 g/mol. The molecule has 1 saturated heterocycles. The van der Waals surface area contributed by atoms with Gasteiger partial charge in [0.05, 0.1) is 0 Å². The molecule has 3 N–H and O–H groups in total. The highest BCUT2D eigenvalue weighted by molar-refractivity contribution is 8.00. The molecule has 4 heteroatoms. The van der Waals surface area contributed by atoms with Crippen LogP contribution >= 0.6 is 11.8 Å². The molecule has 2 unspecified atom stereocenters. The Hall–Kier alpha value is -0.220. The van der Waals surface area contributed by atoms with Crippen molar-refractivity contribution < 1.29 is 4.79 Å². The monoisotopic (exact) mass is 244 g/mol. The minimum atomic E-state index is 0.175. The molecule has 3 nitrogen and oxygen atoms in total. The van der Waals surface area contributed by atoms with Crippen LogP contribution in [-0.2, 0) is 4.79 Å². The van der Waals surface area contributed by atoms with E-state index in [1.54, 1.807) is 0 Å². The van der Waals surface area contributed by atoms with Crippen LogP contribution in [0.4, 0.5) is 0 Å². The Morgan fingerprint density at radius 3 is 2.94 bits per heavy atom. The molecule has 1 heterocycles. The minimum Gasteiger partial charge on any atom is -0.355 e. The van der Waals surface area contributed by atoms with Crippen molar-refractivity contribution in [3.8, 4) is 0 Å². The molecule has 1 rings (SSSR count). The van der Waals surface area contributed by atoms with Gasteiger partial charge in [-0.25, -0.2) is 0 Å². The molecule has 0 aromatic rings. The van der Waals surface area contributed by atoms with Crippen LogP contribution in [0.15, 0.2) is 0 Å². The van der Waals surface area contributed by atoms with Crippen LogP contribution in [0.5, 0.6) is 0 Å². The summed E-state index contributed by atoms with van der Waals surface area (Å²) in [6, 6.07) is 0. The molecule has 1 aliphatic heterocycles. The highest BCUT2D eigenvalue weighted by atomic mass is 32.2. The van der Waals surface area contributed by atoms with Crippen molar-refractivity contribution in [2.45, 2.75) is 44.3 Å². The lowest BCUT2D eigenvalue weighted by Crippen LogP contribution is -2.36. The van der Waals surface area contributed by atoms with Gasteiger partial charge in [-0.05, 0) is 44.4 Å². The molecule has 1 amide bonds. The van der Waals surface area contributed by atoms with Crippen LogP contribution in [0.1, 0.15) is 39.5 Å². The highest BCUT2D eigenvalue weighted by Gasteiger charge is 2.29. The van der Waals surface area contributed by atoms with Gasteiger partial charge in [0.2, 0.25) is 5.91 Å². The Labute approximate surface area is 103 Å². The van der Waals surface area contributed by atoms with Gasteiger partial charge in [0, 0.05) is 17.7 Å². The van der Waals surface area contributed by atoms with Gasteiger partial charge in [-0.1, -0.05) is 6.92 Å². The highest BCUT2D eigenvalue weighted by Crippen LogP contribution is 2.36. The van der Waals surface area contributed by atoms with Crippen LogP contribution in [-0.4, -0.2) is 29.5 Å². The van der Waals surface area contributed by atoms with Gasteiger partial charge in [-0.3, -0.25) is 4.79 Å². The Morgan fingerprint density at radius 1 is 1.62 bits per heavy atom. The maximum Gasteiger partial charge on any atom is 0.220 e. The Bertz CT molecular complexity index is 227. The average Bonchev–Trinajstić information content (AvgIpc) is 2.71. The van der Waals surface area contributed by atoms with Crippen molar-refractivity contribution in [2.24, 2.45) is 11.7 Å². The normalized spacial score (nSPS) is 26.7. The summed E-state index contributed by atoms with van der Waals surface area (Å²) < 4.78 is 0.273. The largest absolute Gasteiger partial charge is 0.355 e. The summed E-state index contributed by atoms with van der Waals surface area (Å²) in [5.74, 6) is 1.85. The second-order valence-corrected chi connectivity index (χ2v) is 6.74. The lowest BCUT2D eigenvalue weighted by atomic mass is 10.0. The zero-order valence-electron chi connectivity index (χ0n) is 10.4. The van der Waals surface area contributed by atoms with Gasteiger partial charge >= 0.3 is 0 Å². The topological polar surface area (TPSA) is 55.1 Å². The Balaban J connectivity index is 2.14. The Kier molecular flexibility index (Phi) is 5.62. The molecule has 94 valence electrons. The summed E-state index contributed by atoms with van der Waals surface area (Å²) in [5, 5.41) is 3.04. The van der Waals surface area contributed by atoms with E-state index >= 15 is 0 Å². The quantitative estimate of drug-likeness (QED) is 0.748. The zero-order valence-corrected chi connectivity index (χ0v) is 11.2. The summed E-state index contributed by atoms with van der Waals surface area (Å²) in [6.07, 6.45) is 4.00. The van der Waals surface area contributed by atoms with Crippen LogP contribution in [0.25, 0.3) is 0 Å². The second kappa shape index (κ2) is 6.50. The standard InChI is InChI=1S/C12H24N2OS/c1-10(8-13)4-5-11(15)14-9-12(2)6-3-7-16-12/h10H,3-9,13H2,1-2H3,(H,14,15). The van der Waals surface area contributed by atoms with Gasteiger partial charge in [0.15, 0.2) is 0 Å². The van der Waals surface area contributed by atoms with Crippen molar-refractivity contribution in [1.29, 1.82) is 0 Å². The molecule has 2 atom stereocenters. The van der Waals surface area contributed by atoms with E-state index < -0.39 is 0 Å². The predicted octanol–water partition coefficient (Wildman–Crippen LogP) is 1.76. The van der Waals surface area contributed by atoms with Gasteiger partial charge < -0.3 is 11.1 Å². The van der Waals surface area contributed by atoms with Crippen LogP contribution in [0, 0.1) is 5.92 Å². The number of thioether (sulfide) groups is 1. The van der Waals surface area contributed by atoms with E-state index in [1.807, 2.05) is 11.8 Å². The van der Waals surface area contributed by atoms with Gasteiger partial charge in [0.1, 0.15) is 0 Å². The molecule has 0 radical (unpaired) electrons. The summed E-state index contributed by atoms with van der Waals surface area (Å²) in [6.45, 7) is 5.81. The lowest BCUT2D eigenvalue weighted by molar-refractivity contribution is -0.121. The van der Waals surface area contributed by atoms with Crippen LogP contribution in [0.2, 0.25) is 0 Å². The van der Waals surface area contributed by atoms with Crippen molar-refractivity contribution >= 4 is 17.7 Å². The molecule has 0 spiro atoms. The van der Waals surface area contributed by atoms with Crippen molar-refractivity contribution in [3.63, 3.8) is 0 Å². The molecule has 0 aromatic carbocycles. The third-order valence-corrected chi connectivity index (χ3v) is 4.76. The molecule has 1 aliphatic rings. The van der Waals surface area contributed by atoms with E-state index in [9.17, 15) is 4.79 Å². The first kappa shape index (κ1) is 13.8. The van der Waals surface area contributed by atoms with E-state index in [1.165, 1.54) is 18.6 Å². The van der Waals surface area contributed by atoms with Gasteiger partial charge in [0.25, 0.3) is 0 Å². The first-order valence-corrected chi connectivity index (χ1v) is 7.15. The summed E-state index contributed by atoms with van der Waals surface area (Å²) in [4.78, 5) is 11.6. The van der Waals surface area contributed by atoms with E-state index in [2.05, 4.69) is 19.2 Å². The molecule has 16 heavy (non-hydrogen) atoms. The first-order chi connectivity index (χ1) is 7.56. The number of rotatable bonds is 6. The molecule has 0 saturated carbocycles. The average molecular weight is 244 g/mol. The fourth-order valence-electron chi connectivity index (χ4n) is 1.85. The molecule has 0 aromatic heterocycles. The first-order valence-electron chi connectivity index (χ1n) is 6.16. The number of hydrogen-bond acceptors (Lipinski definition) is 3. The third kappa shape index (κ3) is 4.74. The molecular formula is C12H24N2OS. The summed E-state index contributed by atoms with van der Waals surface area (Å²) >= 11 is 1.98. The van der Waals surface area contributed by atoms with Crippen molar-refractivity contribution in [3.05, 3.63) is 0 Å². The Morgan fingerprint density at radius 2 is 2.38 bits per heavy atom. The fraction of sp³-hybridized carbons (Fsp3) is 0.917.